The number of anilines is 2. The number of aromatic nitrogens is 1. The van der Waals surface area contributed by atoms with Gasteiger partial charge in [0.05, 0.1) is 17.4 Å². The average Bonchev–Trinajstić information content (AvgIpc) is 2.34. The fourth-order valence-electron chi connectivity index (χ4n) is 1.77. The minimum atomic E-state index is -0.523. The number of hydrogen-bond acceptors (Lipinski definition) is 5. The van der Waals surface area contributed by atoms with Gasteiger partial charge in [-0.05, 0) is 26.6 Å². The Hall–Kier alpha value is -1.82. The van der Waals surface area contributed by atoms with Crippen LogP contribution < -0.4 is 16.4 Å². The Kier molecular flexibility index (Phi) is 5.57. The van der Waals surface area contributed by atoms with E-state index in [4.69, 9.17) is 11.5 Å². The highest BCUT2D eigenvalue weighted by molar-refractivity contribution is 5.98. The van der Waals surface area contributed by atoms with E-state index < -0.39 is 5.91 Å². The Morgan fingerprint density at radius 2 is 2.00 bits per heavy atom. The van der Waals surface area contributed by atoms with Gasteiger partial charge in [0.1, 0.15) is 5.82 Å². The molecule has 6 nitrogen and oxygen atoms in total. The fraction of sp³-hybridized carbons (Fsp3) is 0.538. The topological polar surface area (TPSA) is 88.5 Å². The molecule has 0 aliphatic carbocycles. The van der Waals surface area contributed by atoms with Crippen molar-refractivity contribution in [1.82, 2.24) is 9.88 Å². The van der Waals surface area contributed by atoms with Crippen molar-refractivity contribution in [3.8, 4) is 0 Å². The number of likely N-dealkylation sites (N-methyl/N-ethyl adjacent to an activating group) is 1. The number of primary amides is 1. The SMILES string of the molecule is CCCN(CCN(C)C)c1cc(C(N)=O)c(N)cn1. The predicted molar refractivity (Wildman–Crippen MR) is 78.2 cm³/mol. The highest BCUT2D eigenvalue weighted by Crippen LogP contribution is 2.18. The van der Waals surface area contributed by atoms with E-state index in [9.17, 15) is 4.79 Å². The van der Waals surface area contributed by atoms with Gasteiger partial charge in [-0.2, -0.15) is 0 Å². The smallest absolute Gasteiger partial charge is 0.250 e. The van der Waals surface area contributed by atoms with Crippen molar-refractivity contribution in [1.29, 1.82) is 0 Å². The number of hydrogen-bond donors (Lipinski definition) is 2. The summed E-state index contributed by atoms with van der Waals surface area (Å²) in [5.41, 5.74) is 11.7. The molecule has 0 fully saturated rings. The molecular formula is C13H23N5O. The third kappa shape index (κ3) is 4.40. The largest absolute Gasteiger partial charge is 0.397 e. The third-order valence-electron chi connectivity index (χ3n) is 2.82. The standard InChI is InChI=1S/C13H23N5O/c1-4-5-18(7-6-17(2)3)12-8-10(13(15)19)11(14)9-16-12/h8-9H,4-7,14H2,1-3H3,(H2,15,19). The zero-order valence-corrected chi connectivity index (χ0v) is 11.9. The molecule has 0 unspecified atom stereocenters. The van der Waals surface area contributed by atoms with Crippen LogP contribution in [0.2, 0.25) is 0 Å². The molecule has 0 saturated carbocycles. The van der Waals surface area contributed by atoms with Crippen LogP contribution in [0.3, 0.4) is 0 Å². The molecule has 0 saturated heterocycles. The van der Waals surface area contributed by atoms with Gasteiger partial charge < -0.3 is 21.3 Å². The Labute approximate surface area is 114 Å². The molecule has 4 N–H and O–H groups in total. The van der Waals surface area contributed by atoms with Crippen LogP contribution in [-0.2, 0) is 0 Å². The van der Waals surface area contributed by atoms with Gasteiger partial charge in [-0.25, -0.2) is 4.98 Å². The highest BCUT2D eigenvalue weighted by Gasteiger charge is 2.12. The summed E-state index contributed by atoms with van der Waals surface area (Å²) < 4.78 is 0. The van der Waals surface area contributed by atoms with E-state index in [0.717, 1.165) is 31.9 Å². The maximum absolute atomic E-state index is 11.3. The number of amides is 1. The number of nitrogens with zero attached hydrogens (tertiary/aromatic N) is 3. The summed E-state index contributed by atoms with van der Waals surface area (Å²) in [6.07, 6.45) is 2.50. The van der Waals surface area contributed by atoms with E-state index in [-0.39, 0.29) is 0 Å². The van der Waals surface area contributed by atoms with E-state index in [0.29, 0.717) is 11.3 Å². The van der Waals surface area contributed by atoms with Crippen LogP contribution >= 0.6 is 0 Å². The predicted octanol–water partition coefficient (Wildman–Crippen LogP) is 0.541. The van der Waals surface area contributed by atoms with E-state index in [1.807, 2.05) is 14.1 Å². The maximum Gasteiger partial charge on any atom is 0.250 e. The number of carbonyl (C=O) groups excluding carboxylic acids is 1. The van der Waals surface area contributed by atoms with Gasteiger partial charge in [0, 0.05) is 19.6 Å². The normalized spacial score (nSPS) is 10.7. The quantitative estimate of drug-likeness (QED) is 0.751. The lowest BCUT2D eigenvalue weighted by Crippen LogP contribution is -2.33. The molecule has 19 heavy (non-hydrogen) atoms. The Bertz CT molecular complexity index is 433. The molecule has 0 radical (unpaired) electrons. The van der Waals surface area contributed by atoms with Crippen molar-refractivity contribution >= 4 is 17.4 Å². The van der Waals surface area contributed by atoms with Crippen LogP contribution in [0.15, 0.2) is 12.3 Å². The molecule has 1 heterocycles. The molecule has 1 aromatic rings. The van der Waals surface area contributed by atoms with Gasteiger partial charge in [0.15, 0.2) is 0 Å². The average molecular weight is 265 g/mol. The van der Waals surface area contributed by atoms with Crippen LogP contribution in [0.25, 0.3) is 0 Å². The lowest BCUT2D eigenvalue weighted by molar-refractivity contribution is 0.100. The molecule has 1 aromatic heterocycles. The summed E-state index contributed by atoms with van der Waals surface area (Å²) in [5.74, 6) is 0.219. The number of pyridine rings is 1. The zero-order valence-electron chi connectivity index (χ0n) is 11.9. The fourth-order valence-corrected chi connectivity index (χ4v) is 1.77. The molecule has 0 atom stereocenters. The summed E-state index contributed by atoms with van der Waals surface area (Å²) in [5, 5.41) is 0. The summed E-state index contributed by atoms with van der Waals surface area (Å²) in [6, 6.07) is 1.67. The van der Waals surface area contributed by atoms with Gasteiger partial charge in [0.2, 0.25) is 0 Å². The first-order valence-electron chi connectivity index (χ1n) is 6.40. The zero-order chi connectivity index (χ0) is 14.4. The molecule has 0 spiro atoms. The number of carbonyl (C=O) groups is 1. The van der Waals surface area contributed by atoms with E-state index >= 15 is 0 Å². The molecular weight excluding hydrogens is 242 g/mol. The van der Waals surface area contributed by atoms with Gasteiger partial charge in [-0.3, -0.25) is 4.79 Å². The van der Waals surface area contributed by atoms with Crippen molar-refractivity contribution in [2.75, 3.05) is 44.4 Å². The maximum atomic E-state index is 11.3. The van der Waals surface area contributed by atoms with Crippen molar-refractivity contribution < 1.29 is 4.79 Å². The summed E-state index contributed by atoms with van der Waals surface area (Å²) in [7, 11) is 4.05. The molecule has 0 bridgehead atoms. The minimum Gasteiger partial charge on any atom is -0.397 e. The highest BCUT2D eigenvalue weighted by atomic mass is 16.1. The van der Waals surface area contributed by atoms with Crippen molar-refractivity contribution in [3.63, 3.8) is 0 Å². The second kappa shape index (κ2) is 6.94. The summed E-state index contributed by atoms with van der Waals surface area (Å²) in [6.45, 7) is 4.74. The number of rotatable bonds is 7. The van der Waals surface area contributed by atoms with Crippen LogP contribution in [0.4, 0.5) is 11.5 Å². The molecule has 0 aliphatic rings. The second-order valence-corrected chi connectivity index (χ2v) is 4.78. The van der Waals surface area contributed by atoms with Crippen molar-refractivity contribution in [2.45, 2.75) is 13.3 Å². The Morgan fingerprint density at radius 3 is 2.53 bits per heavy atom. The lowest BCUT2D eigenvalue weighted by Gasteiger charge is -2.25. The van der Waals surface area contributed by atoms with Crippen molar-refractivity contribution in [2.24, 2.45) is 5.73 Å². The lowest BCUT2D eigenvalue weighted by atomic mass is 10.2. The van der Waals surface area contributed by atoms with E-state index in [2.05, 4.69) is 21.7 Å². The minimum absolute atomic E-state index is 0.320. The van der Waals surface area contributed by atoms with Gasteiger partial charge in [-0.15, -0.1) is 0 Å². The van der Waals surface area contributed by atoms with Gasteiger partial charge >= 0.3 is 0 Å². The molecule has 0 aliphatic heterocycles. The molecule has 106 valence electrons. The van der Waals surface area contributed by atoms with Crippen LogP contribution in [-0.4, -0.2) is 49.5 Å². The molecule has 1 rings (SSSR count). The van der Waals surface area contributed by atoms with Gasteiger partial charge in [-0.1, -0.05) is 6.92 Å². The first-order valence-corrected chi connectivity index (χ1v) is 6.40. The first kappa shape index (κ1) is 15.2. The Balaban J connectivity index is 2.95. The van der Waals surface area contributed by atoms with Gasteiger partial charge in [0.25, 0.3) is 5.91 Å². The second-order valence-electron chi connectivity index (χ2n) is 4.78. The number of nitrogen functional groups attached to an aromatic ring is 1. The summed E-state index contributed by atoms with van der Waals surface area (Å²) in [4.78, 5) is 19.8. The first-order chi connectivity index (χ1) is 8.95. The van der Waals surface area contributed by atoms with Crippen LogP contribution in [0.5, 0.6) is 0 Å². The van der Waals surface area contributed by atoms with Crippen LogP contribution in [0, 0.1) is 0 Å². The molecule has 6 heteroatoms. The molecule has 1 amide bonds. The third-order valence-corrected chi connectivity index (χ3v) is 2.82. The van der Waals surface area contributed by atoms with Crippen LogP contribution in [0.1, 0.15) is 23.7 Å². The van der Waals surface area contributed by atoms with E-state index in [1.165, 1.54) is 6.20 Å². The number of nitrogens with two attached hydrogens (primary N) is 2. The molecule has 0 aromatic carbocycles. The summed E-state index contributed by atoms with van der Waals surface area (Å²) >= 11 is 0. The Morgan fingerprint density at radius 1 is 1.32 bits per heavy atom. The monoisotopic (exact) mass is 265 g/mol. The van der Waals surface area contributed by atoms with Crippen molar-refractivity contribution in [3.05, 3.63) is 17.8 Å². The van der Waals surface area contributed by atoms with E-state index in [1.54, 1.807) is 6.07 Å².